The third-order valence-electron chi connectivity index (χ3n) is 5.33. The van der Waals surface area contributed by atoms with E-state index in [9.17, 15) is 9.90 Å². The molecule has 2 aliphatic rings. The number of nitrogens with one attached hydrogen (secondary N) is 1. The van der Waals surface area contributed by atoms with E-state index in [0.717, 1.165) is 56.7 Å². The number of imidazole rings is 1. The fourth-order valence-electron chi connectivity index (χ4n) is 3.86. The molecule has 2 fully saturated rings. The molecular formula is C18H29N3O2. The van der Waals surface area contributed by atoms with Crippen molar-refractivity contribution in [2.75, 3.05) is 13.1 Å². The van der Waals surface area contributed by atoms with E-state index in [-0.39, 0.29) is 0 Å². The Kier molecular flexibility index (Phi) is 5.05. The third-order valence-corrected chi connectivity index (χ3v) is 5.33. The monoisotopic (exact) mass is 319 g/mol. The molecule has 2 N–H and O–H groups in total. The van der Waals surface area contributed by atoms with Crippen LogP contribution in [0.1, 0.15) is 63.4 Å². The van der Waals surface area contributed by atoms with Gasteiger partial charge in [-0.25, -0.2) is 4.98 Å². The first kappa shape index (κ1) is 16.5. The number of carboxylic acid groups (broad SMARTS) is 1. The highest BCUT2D eigenvalue weighted by atomic mass is 16.4. The highest BCUT2D eigenvalue weighted by molar-refractivity contribution is 5.75. The van der Waals surface area contributed by atoms with Gasteiger partial charge < -0.3 is 10.1 Å². The maximum absolute atomic E-state index is 11.9. The molecule has 128 valence electrons. The number of nitrogens with zero attached hydrogens (tertiary/aromatic N) is 2. The second-order valence-electron chi connectivity index (χ2n) is 7.51. The van der Waals surface area contributed by atoms with E-state index in [1.54, 1.807) is 0 Å². The molecule has 3 rings (SSSR count). The van der Waals surface area contributed by atoms with Crippen molar-refractivity contribution in [1.82, 2.24) is 14.9 Å². The summed E-state index contributed by atoms with van der Waals surface area (Å²) >= 11 is 0. The number of aliphatic carboxylic acids is 1. The SMILES string of the molecule is CCCCc1ncc(CN2CCC[C@@](CC3CC3)(C(=O)O)C2)[nH]1. The van der Waals surface area contributed by atoms with Gasteiger partial charge in [0.15, 0.2) is 0 Å². The molecule has 0 bridgehead atoms. The lowest BCUT2D eigenvalue weighted by Crippen LogP contribution is -2.47. The van der Waals surface area contributed by atoms with Gasteiger partial charge in [-0.3, -0.25) is 9.69 Å². The number of rotatable bonds is 8. The molecule has 5 heteroatoms. The Labute approximate surface area is 138 Å². The van der Waals surface area contributed by atoms with Crippen molar-refractivity contribution in [2.24, 2.45) is 11.3 Å². The lowest BCUT2D eigenvalue weighted by molar-refractivity contribution is -0.153. The van der Waals surface area contributed by atoms with Gasteiger partial charge >= 0.3 is 5.97 Å². The third kappa shape index (κ3) is 4.14. The van der Waals surface area contributed by atoms with Crippen molar-refractivity contribution in [2.45, 2.75) is 64.8 Å². The van der Waals surface area contributed by atoms with Crippen LogP contribution in [0.25, 0.3) is 0 Å². The Morgan fingerprint density at radius 2 is 2.35 bits per heavy atom. The molecule has 1 atom stereocenters. The minimum absolute atomic E-state index is 0.523. The molecule has 23 heavy (non-hydrogen) atoms. The molecule has 0 aromatic carbocycles. The Balaban J connectivity index is 1.61. The summed E-state index contributed by atoms with van der Waals surface area (Å²) in [7, 11) is 0. The Bertz CT molecular complexity index is 538. The number of aryl methyl sites for hydroxylation is 1. The molecule has 0 amide bonds. The highest BCUT2D eigenvalue weighted by Gasteiger charge is 2.45. The van der Waals surface area contributed by atoms with Gasteiger partial charge in [-0.15, -0.1) is 0 Å². The van der Waals surface area contributed by atoms with E-state index in [1.165, 1.54) is 19.3 Å². The summed E-state index contributed by atoms with van der Waals surface area (Å²) in [6.45, 7) is 4.65. The summed E-state index contributed by atoms with van der Waals surface area (Å²) in [4.78, 5) is 22.1. The standard InChI is InChI=1S/C18H29N3O2/c1-2-3-5-16-19-11-15(20-16)12-21-9-4-8-18(13-21,17(22)23)10-14-6-7-14/h11,14H,2-10,12-13H2,1H3,(H,19,20)(H,22,23)/t18-/m0/s1. The van der Waals surface area contributed by atoms with Gasteiger partial charge in [0.25, 0.3) is 0 Å². The van der Waals surface area contributed by atoms with Gasteiger partial charge in [-0.2, -0.15) is 0 Å². The van der Waals surface area contributed by atoms with E-state index in [0.29, 0.717) is 12.5 Å². The van der Waals surface area contributed by atoms with E-state index in [2.05, 4.69) is 21.8 Å². The average Bonchev–Trinajstić information content (AvgIpc) is 3.22. The van der Waals surface area contributed by atoms with Gasteiger partial charge in [-0.1, -0.05) is 26.2 Å². The summed E-state index contributed by atoms with van der Waals surface area (Å²) in [6.07, 6.45) is 10.4. The molecule has 1 aromatic heterocycles. The van der Waals surface area contributed by atoms with Crippen molar-refractivity contribution in [1.29, 1.82) is 0 Å². The Morgan fingerprint density at radius 3 is 3.04 bits per heavy atom. The van der Waals surface area contributed by atoms with Crippen LogP contribution < -0.4 is 0 Å². The van der Waals surface area contributed by atoms with Crippen LogP contribution in [0.5, 0.6) is 0 Å². The molecule has 1 saturated heterocycles. The summed E-state index contributed by atoms with van der Waals surface area (Å²) in [5.74, 6) is 1.11. The van der Waals surface area contributed by atoms with Gasteiger partial charge in [-0.05, 0) is 38.1 Å². The summed E-state index contributed by atoms with van der Waals surface area (Å²) in [5, 5.41) is 9.80. The zero-order valence-electron chi connectivity index (χ0n) is 14.2. The largest absolute Gasteiger partial charge is 0.481 e. The molecule has 0 radical (unpaired) electrons. The lowest BCUT2D eigenvalue weighted by atomic mass is 9.75. The number of aromatic nitrogens is 2. The Hall–Kier alpha value is -1.36. The summed E-state index contributed by atoms with van der Waals surface area (Å²) in [5.41, 5.74) is 0.591. The molecule has 0 spiro atoms. The number of piperidine rings is 1. The normalized spacial score (nSPS) is 25.6. The molecule has 1 saturated carbocycles. The van der Waals surface area contributed by atoms with Crippen LogP contribution in [0.2, 0.25) is 0 Å². The number of H-pyrrole nitrogens is 1. The quantitative estimate of drug-likeness (QED) is 0.772. The topological polar surface area (TPSA) is 69.2 Å². The lowest BCUT2D eigenvalue weighted by Gasteiger charge is -2.40. The van der Waals surface area contributed by atoms with Gasteiger partial charge in [0, 0.05) is 31.4 Å². The first-order chi connectivity index (χ1) is 11.1. The zero-order valence-corrected chi connectivity index (χ0v) is 14.2. The van der Waals surface area contributed by atoms with Crippen LogP contribution in [0.15, 0.2) is 6.20 Å². The predicted octanol–water partition coefficient (Wildman–Crippen LogP) is 3.22. The summed E-state index contributed by atoms with van der Waals surface area (Å²) < 4.78 is 0. The number of likely N-dealkylation sites (tertiary alicyclic amines) is 1. The van der Waals surface area contributed by atoms with Gasteiger partial charge in [0.1, 0.15) is 5.82 Å². The van der Waals surface area contributed by atoms with Crippen molar-refractivity contribution in [3.05, 3.63) is 17.7 Å². The number of unbranched alkanes of at least 4 members (excludes halogenated alkanes) is 1. The average molecular weight is 319 g/mol. The van der Waals surface area contributed by atoms with Crippen LogP contribution in [-0.4, -0.2) is 39.0 Å². The van der Waals surface area contributed by atoms with Crippen molar-refractivity contribution >= 4 is 5.97 Å². The molecule has 1 aliphatic carbocycles. The minimum atomic E-state index is -0.595. The number of hydrogen-bond donors (Lipinski definition) is 2. The Morgan fingerprint density at radius 1 is 1.52 bits per heavy atom. The van der Waals surface area contributed by atoms with Crippen LogP contribution >= 0.6 is 0 Å². The number of hydrogen-bond acceptors (Lipinski definition) is 3. The van der Waals surface area contributed by atoms with Gasteiger partial charge in [0.2, 0.25) is 0 Å². The first-order valence-corrected chi connectivity index (χ1v) is 9.10. The second kappa shape index (κ2) is 7.04. The fourth-order valence-corrected chi connectivity index (χ4v) is 3.86. The maximum Gasteiger partial charge on any atom is 0.310 e. The number of carbonyl (C=O) groups is 1. The van der Waals surface area contributed by atoms with Crippen molar-refractivity contribution in [3.63, 3.8) is 0 Å². The van der Waals surface area contributed by atoms with E-state index in [1.807, 2.05) is 6.20 Å². The smallest absolute Gasteiger partial charge is 0.310 e. The molecule has 1 aliphatic heterocycles. The number of carboxylic acids is 1. The van der Waals surface area contributed by atoms with Crippen LogP contribution in [-0.2, 0) is 17.8 Å². The van der Waals surface area contributed by atoms with E-state index < -0.39 is 11.4 Å². The van der Waals surface area contributed by atoms with E-state index in [4.69, 9.17) is 0 Å². The molecule has 0 unspecified atom stereocenters. The van der Waals surface area contributed by atoms with E-state index >= 15 is 0 Å². The predicted molar refractivity (Wildman–Crippen MR) is 89.1 cm³/mol. The van der Waals surface area contributed by atoms with Crippen molar-refractivity contribution < 1.29 is 9.90 Å². The minimum Gasteiger partial charge on any atom is -0.481 e. The molecule has 1 aromatic rings. The molecule has 5 nitrogen and oxygen atoms in total. The highest BCUT2D eigenvalue weighted by Crippen LogP contribution is 2.45. The molecule has 2 heterocycles. The second-order valence-corrected chi connectivity index (χ2v) is 7.51. The van der Waals surface area contributed by atoms with Gasteiger partial charge in [0.05, 0.1) is 5.41 Å². The fraction of sp³-hybridized carbons (Fsp3) is 0.778. The van der Waals surface area contributed by atoms with Crippen LogP contribution in [0.4, 0.5) is 0 Å². The van der Waals surface area contributed by atoms with Crippen LogP contribution in [0, 0.1) is 11.3 Å². The molecular weight excluding hydrogens is 290 g/mol. The maximum atomic E-state index is 11.9. The number of aromatic amines is 1. The van der Waals surface area contributed by atoms with Crippen molar-refractivity contribution in [3.8, 4) is 0 Å². The van der Waals surface area contributed by atoms with Crippen LogP contribution in [0.3, 0.4) is 0 Å². The first-order valence-electron chi connectivity index (χ1n) is 9.10. The zero-order chi connectivity index (χ0) is 16.3. The summed E-state index contributed by atoms with van der Waals surface area (Å²) in [6, 6.07) is 0.